The van der Waals surface area contributed by atoms with Gasteiger partial charge in [-0.1, -0.05) is 30.3 Å². The molecule has 1 aliphatic heterocycles. The minimum atomic E-state index is -0.503. The topological polar surface area (TPSA) is 53.7 Å². The van der Waals surface area contributed by atoms with Crippen LogP contribution in [0.15, 0.2) is 35.4 Å². The number of hydrazone groups is 1. The van der Waals surface area contributed by atoms with Crippen molar-refractivity contribution in [2.75, 3.05) is 6.54 Å². The summed E-state index contributed by atoms with van der Waals surface area (Å²) in [5.74, 6) is 0.540. The molecule has 1 atom stereocenters. The van der Waals surface area contributed by atoms with Crippen LogP contribution in [0.4, 0.5) is 4.79 Å². The van der Waals surface area contributed by atoms with E-state index in [1.165, 1.54) is 5.56 Å². The Morgan fingerprint density at radius 2 is 2.00 bits per heavy atom. The summed E-state index contributed by atoms with van der Waals surface area (Å²) in [6.45, 7) is 8.11. The molecule has 1 aromatic rings. The van der Waals surface area contributed by atoms with Crippen molar-refractivity contribution in [2.24, 2.45) is 5.10 Å². The molecule has 0 saturated carbocycles. The second kappa shape index (κ2) is 5.53. The van der Waals surface area contributed by atoms with Crippen molar-refractivity contribution in [3.05, 3.63) is 35.9 Å². The number of benzene rings is 1. The number of carbonyl (C=O) groups excluding carboxylic acids is 1. The van der Waals surface area contributed by atoms with Gasteiger partial charge in [0.05, 0.1) is 12.6 Å². The molecule has 1 N–H and O–H groups in total. The molecule has 1 amide bonds. The maximum atomic E-state index is 11.6. The Balaban J connectivity index is 1.85. The highest BCUT2D eigenvalue weighted by Crippen LogP contribution is 2.34. The molecule has 108 valence electrons. The van der Waals surface area contributed by atoms with Crippen molar-refractivity contribution in [3.63, 3.8) is 0 Å². The molecule has 20 heavy (non-hydrogen) atoms. The first-order chi connectivity index (χ1) is 9.35. The summed E-state index contributed by atoms with van der Waals surface area (Å²) in [6.07, 6.45) is -0.475. The first-order valence-corrected chi connectivity index (χ1v) is 6.72. The van der Waals surface area contributed by atoms with Crippen molar-refractivity contribution in [2.45, 2.75) is 39.3 Å². The number of amides is 1. The van der Waals surface area contributed by atoms with E-state index in [-0.39, 0.29) is 0 Å². The maximum absolute atomic E-state index is 11.6. The number of alkyl carbamates (subject to hydrolysis) is 1. The molecule has 5 nitrogen and oxygen atoms in total. The Kier molecular flexibility index (Phi) is 3.97. The van der Waals surface area contributed by atoms with Gasteiger partial charge in [0.1, 0.15) is 11.4 Å². The molecule has 0 radical (unpaired) electrons. The lowest BCUT2D eigenvalue weighted by molar-refractivity contribution is 0.0562. The van der Waals surface area contributed by atoms with E-state index in [2.05, 4.69) is 22.6 Å². The number of nitrogens with one attached hydrogen (secondary N) is 1. The Morgan fingerprint density at radius 1 is 1.35 bits per heavy atom. The fourth-order valence-corrected chi connectivity index (χ4v) is 1.86. The summed E-state index contributed by atoms with van der Waals surface area (Å²) < 4.78 is 5.17. The lowest BCUT2D eigenvalue weighted by Gasteiger charge is -2.19. The molecule has 1 aromatic carbocycles. The molecule has 1 unspecified atom stereocenters. The van der Waals surface area contributed by atoms with Crippen LogP contribution in [0.25, 0.3) is 0 Å². The van der Waals surface area contributed by atoms with E-state index in [1.807, 2.05) is 44.0 Å². The fraction of sp³-hybridized carbons (Fsp3) is 0.467. The van der Waals surface area contributed by atoms with Crippen LogP contribution in [0, 0.1) is 0 Å². The summed E-state index contributed by atoms with van der Waals surface area (Å²) in [4.78, 5) is 11.6. The largest absolute Gasteiger partial charge is 0.444 e. The van der Waals surface area contributed by atoms with Crippen molar-refractivity contribution < 1.29 is 9.53 Å². The minimum absolute atomic E-state index is 0.312. The zero-order valence-electron chi connectivity index (χ0n) is 12.4. The number of hydrogen-bond donors (Lipinski definition) is 1. The van der Waals surface area contributed by atoms with E-state index in [0.29, 0.717) is 11.9 Å². The standard InChI is InChI=1S/C15H21N3O2/c1-11(16-14(19)20-15(2,3)4)17-18-10-13(18)12-8-6-5-7-9-12/h5-9,13H,10H2,1-4H3,(H,16,17,19). The van der Waals surface area contributed by atoms with Gasteiger partial charge in [-0.05, 0) is 33.3 Å². The third-order valence-electron chi connectivity index (χ3n) is 2.73. The Morgan fingerprint density at radius 3 is 2.60 bits per heavy atom. The van der Waals surface area contributed by atoms with Crippen LogP contribution >= 0.6 is 0 Å². The van der Waals surface area contributed by atoms with Gasteiger partial charge < -0.3 is 4.74 Å². The van der Waals surface area contributed by atoms with E-state index in [0.717, 1.165) is 6.54 Å². The van der Waals surface area contributed by atoms with Crippen LogP contribution in [0.2, 0.25) is 0 Å². The molecular weight excluding hydrogens is 254 g/mol. The van der Waals surface area contributed by atoms with Crippen LogP contribution in [-0.2, 0) is 4.74 Å². The Labute approximate surface area is 119 Å². The lowest BCUT2D eigenvalue weighted by Crippen LogP contribution is -2.35. The van der Waals surface area contributed by atoms with Crippen molar-refractivity contribution >= 4 is 11.9 Å². The van der Waals surface area contributed by atoms with Gasteiger partial charge >= 0.3 is 6.09 Å². The SMILES string of the molecule is C/C(=N/N1CC1c1ccccc1)NC(=O)OC(C)(C)C. The van der Waals surface area contributed by atoms with Crippen LogP contribution in [0.1, 0.15) is 39.3 Å². The highest BCUT2D eigenvalue weighted by molar-refractivity contribution is 5.93. The van der Waals surface area contributed by atoms with Gasteiger partial charge in [-0.2, -0.15) is 5.10 Å². The average Bonchev–Trinajstić information content (AvgIpc) is 3.06. The number of amidine groups is 1. The van der Waals surface area contributed by atoms with Crippen LogP contribution in [0.3, 0.4) is 0 Å². The monoisotopic (exact) mass is 275 g/mol. The van der Waals surface area contributed by atoms with Gasteiger partial charge in [-0.3, -0.25) is 10.3 Å². The van der Waals surface area contributed by atoms with E-state index < -0.39 is 11.7 Å². The number of ether oxygens (including phenoxy) is 1. The summed E-state index contributed by atoms with van der Waals surface area (Å²) in [5, 5.41) is 8.91. The van der Waals surface area contributed by atoms with E-state index in [4.69, 9.17) is 4.74 Å². The molecule has 0 aromatic heterocycles. The second-order valence-corrected chi connectivity index (χ2v) is 5.86. The number of nitrogens with zero attached hydrogens (tertiary/aromatic N) is 2. The highest BCUT2D eigenvalue weighted by atomic mass is 16.6. The zero-order chi connectivity index (χ0) is 14.8. The van der Waals surface area contributed by atoms with Crippen molar-refractivity contribution in [3.8, 4) is 0 Å². The van der Waals surface area contributed by atoms with Crippen molar-refractivity contribution in [1.82, 2.24) is 10.3 Å². The molecule has 0 aliphatic carbocycles. The maximum Gasteiger partial charge on any atom is 0.413 e. The first-order valence-electron chi connectivity index (χ1n) is 6.72. The highest BCUT2D eigenvalue weighted by Gasteiger charge is 2.34. The summed E-state index contributed by atoms with van der Waals surface area (Å²) in [7, 11) is 0. The molecule has 1 aliphatic rings. The van der Waals surface area contributed by atoms with Crippen LogP contribution in [0.5, 0.6) is 0 Å². The van der Waals surface area contributed by atoms with E-state index in [9.17, 15) is 4.79 Å². The fourth-order valence-electron chi connectivity index (χ4n) is 1.86. The minimum Gasteiger partial charge on any atom is -0.444 e. The third-order valence-corrected chi connectivity index (χ3v) is 2.73. The van der Waals surface area contributed by atoms with Crippen LogP contribution in [-0.4, -0.2) is 29.1 Å². The molecule has 1 fully saturated rings. The summed E-state index contributed by atoms with van der Waals surface area (Å²) >= 11 is 0. The van der Waals surface area contributed by atoms with Crippen LogP contribution < -0.4 is 5.32 Å². The smallest absolute Gasteiger partial charge is 0.413 e. The quantitative estimate of drug-likeness (QED) is 0.513. The molecule has 1 saturated heterocycles. The molecule has 1 heterocycles. The summed E-state index contributed by atoms with van der Waals surface area (Å²) in [6, 6.07) is 10.5. The van der Waals surface area contributed by atoms with Crippen molar-refractivity contribution in [1.29, 1.82) is 0 Å². The summed E-state index contributed by atoms with van der Waals surface area (Å²) in [5.41, 5.74) is 0.734. The van der Waals surface area contributed by atoms with Gasteiger partial charge in [-0.25, -0.2) is 4.79 Å². The van der Waals surface area contributed by atoms with Gasteiger partial charge in [0.2, 0.25) is 0 Å². The molecule has 5 heteroatoms. The average molecular weight is 275 g/mol. The molecule has 0 bridgehead atoms. The molecule has 2 rings (SSSR count). The molecule has 0 spiro atoms. The second-order valence-electron chi connectivity index (χ2n) is 5.86. The van der Waals surface area contributed by atoms with Gasteiger partial charge in [0.15, 0.2) is 0 Å². The predicted molar refractivity (Wildman–Crippen MR) is 78.4 cm³/mol. The predicted octanol–water partition coefficient (Wildman–Crippen LogP) is 2.90. The Hall–Kier alpha value is -2.04. The zero-order valence-corrected chi connectivity index (χ0v) is 12.4. The first kappa shape index (κ1) is 14.4. The van der Waals surface area contributed by atoms with Gasteiger partial charge in [0, 0.05) is 0 Å². The normalized spacial score (nSPS) is 18.7. The van der Waals surface area contributed by atoms with Gasteiger partial charge in [0.25, 0.3) is 0 Å². The lowest BCUT2D eigenvalue weighted by atomic mass is 10.2. The number of hydrogen-bond acceptors (Lipinski definition) is 4. The third kappa shape index (κ3) is 4.26. The van der Waals surface area contributed by atoms with Gasteiger partial charge in [-0.15, -0.1) is 0 Å². The van der Waals surface area contributed by atoms with E-state index >= 15 is 0 Å². The molecular formula is C15H21N3O2. The number of rotatable bonds is 2. The Bertz CT molecular complexity index is 506. The van der Waals surface area contributed by atoms with E-state index in [1.54, 1.807) is 6.92 Å². The number of carbonyl (C=O) groups is 1.